The van der Waals surface area contributed by atoms with E-state index in [1.807, 2.05) is 18.2 Å². The molecule has 3 aliphatic rings. The van der Waals surface area contributed by atoms with E-state index >= 15 is 0 Å². The fourth-order valence-electron chi connectivity index (χ4n) is 9.46. The molecule has 264 valence electrons. The summed E-state index contributed by atoms with van der Waals surface area (Å²) < 4.78 is 38.5. The Kier molecular flexibility index (Phi) is 7.27. The van der Waals surface area contributed by atoms with Crippen LogP contribution >= 0.6 is 0 Å². The summed E-state index contributed by atoms with van der Waals surface area (Å²) in [4.78, 5) is 0. The highest BCUT2D eigenvalue weighted by atomic mass is 16.5. The van der Waals surface area contributed by atoms with E-state index in [0.29, 0.717) is 34.5 Å². The maximum atomic E-state index is 6.44. The maximum Gasteiger partial charge on any atom is 0.325 e. The molecule has 0 spiro atoms. The van der Waals surface area contributed by atoms with Crippen LogP contribution in [0.3, 0.4) is 0 Å². The first-order valence-electron chi connectivity index (χ1n) is 18.0. The molecule has 3 aliphatic heterocycles. The van der Waals surface area contributed by atoms with Crippen LogP contribution in [-0.4, -0.2) is 63.2 Å². The van der Waals surface area contributed by atoms with E-state index in [1.54, 1.807) is 42.7 Å². The van der Waals surface area contributed by atoms with Gasteiger partial charge in [0.2, 0.25) is 0 Å². The first kappa shape index (κ1) is 32.4. The van der Waals surface area contributed by atoms with E-state index in [0.717, 1.165) is 82.2 Å². The number of hydrogen-bond donors (Lipinski definition) is 3. The Hall–Kier alpha value is -6.29. The van der Waals surface area contributed by atoms with Gasteiger partial charge in [0.15, 0.2) is 34.5 Å². The number of rotatable bonds is 9. The molecular formula is C42H36B3N3O6. The normalized spacial score (nSPS) is 13.3. The molecule has 0 atom stereocenters. The molecule has 0 fully saturated rings. The molecule has 3 N–H and O–H groups in total. The molecule has 0 radical (unpaired) electrons. The molecule has 0 saturated carbocycles. The SMILES string of the molecule is COc1c(OC)c2c3c4c1NB(c1ccccc1)c1c(OC)c(OC)c5c(c14)c1c(c(OC)c(OC)c(c31)NB2c1ccccc1)B(c1ccccc1)N5. The Labute approximate surface area is 314 Å². The fourth-order valence-corrected chi connectivity index (χ4v) is 9.46. The number of hydrogen-bond acceptors (Lipinski definition) is 9. The van der Waals surface area contributed by atoms with E-state index < -0.39 is 0 Å². The van der Waals surface area contributed by atoms with Crippen molar-refractivity contribution < 1.29 is 28.4 Å². The number of nitrogens with one attached hydrogen (secondary N) is 3. The lowest BCUT2D eigenvalue weighted by atomic mass is 9.43. The zero-order valence-electron chi connectivity index (χ0n) is 30.8. The predicted molar refractivity (Wildman–Crippen MR) is 224 cm³/mol. The van der Waals surface area contributed by atoms with Crippen LogP contribution < -0.4 is 76.9 Å². The lowest BCUT2D eigenvalue weighted by Gasteiger charge is -2.39. The monoisotopic (exact) mass is 711 g/mol. The van der Waals surface area contributed by atoms with Crippen LogP contribution in [0.2, 0.25) is 0 Å². The highest BCUT2D eigenvalue weighted by molar-refractivity contribution is 6.96. The van der Waals surface area contributed by atoms with Gasteiger partial charge in [0.1, 0.15) is 0 Å². The van der Waals surface area contributed by atoms with Crippen LogP contribution in [0.25, 0.3) is 32.3 Å². The molecule has 12 heteroatoms. The van der Waals surface area contributed by atoms with Crippen LogP contribution in [0, 0.1) is 0 Å². The second-order valence-electron chi connectivity index (χ2n) is 13.8. The number of ether oxygens (including phenoxy) is 6. The minimum absolute atomic E-state index is 0.331. The third-order valence-corrected chi connectivity index (χ3v) is 11.4. The van der Waals surface area contributed by atoms with Gasteiger partial charge < -0.3 is 44.1 Å². The van der Waals surface area contributed by atoms with Gasteiger partial charge in [-0.05, 0) is 16.2 Å². The molecule has 0 amide bonds. The average Bonchev–Trinajstić information content (AvgIpc) is 3.24. The smallest absolute Gasteiger partial charge is 0.325 e. The summed E-state index contributed by atoms with van der Waals surface area (Å²) in [5.74, 6) is 3.85. The largest absolute Gasteiger partial charge is 0.493 e. The van der Waals surface area contributed by atoms with Crippen LogP contribution in [0.15, 0.2) is 91.0 Å². The standard InChI is InChI=1S/C42H36B3N3O6/c1-49-37-31-25-28-26-30-27-29(25)35(47-43(31)22-16-10-7-11-17-22)41(53-5)39(51-3)33(27)45(24-20-14-9-15-21-24)48-36(30)42(54-6)38(50-2)32(26)44(23-18-12-8-13-19-23)46-34(28)40(37)52-4/h7-21,46-48H,1-6H3. The van der Waals surface area contributed by atoms with Gasteiger partial charge in [-0.1, -0.05) is 107 Å². The molecule has 7 aromatic carbocycles. The molecule has 0 saturated heterocycles. The molecular weight excluding hydrogens is 675 g/mol. The predicted octanol–water partition coefficient (Wildman–Crippen LogP) is 3.79. The summed E-state index contributed by atoms with van der Waals surface area (Å²) in [7, 11) is 10.3. The van der Waals surface area contributed by atoms with Gasteiger partial charge in [0.05, 0.1) is 59.7 Å². The first-order valence-corrected chi connectivity index (χ1v) is 18.0. The summed E-state index contributed by atoms with van der Waals surface area (Å²) in [6.45, 7) is -0.993. The Balaban J connectivity index is 1.55. The molecule has 7 aromatic rings. The zero-order valence-corrected chi connectivity index (χ0v) is 30.8. The molecule has 9 nitrogen and oxygen atoms in total. The van der Waals surface area contributed by atoms with Crippen molar-refractivity contribution in [3.05, 3.63) is 91.0 Å². The minimum atomic E-state index is -0.331. The average molecular weight is 711 g/mol. The van der Waals surface area contributed by atoms with Crippen molar-refractivity contribution in [3.8, 4) is 34.5 Å². The second-order valence-corrected chi connectivity index (χ2v) is 13.8. The van der Waals surface area contributed by atoms with Gasteiger partial charge >= 0.3 is 20.5 Å². The summed E-state index contributed by atoms with van der Waals surface area (Å²) in [5.41, 5.74) is 8.64. The third-order valence-electron chi connectivity index (χ3n) is 11.4. The highest BCUT2D eigenvalue weighted by Crippen LogP contribution is 2.57. The van der Waals surface area contributed by atoms with Crippen molar-refractivity contribution >= 4 is 103 Å². The second kappa shape index (κ2) is 12.1. The van der Waals surface area contributed by atoms with Crippen molar-refractivity contribution in [1.29, 1.82) is 0 Å². The molecule has 0 bridgehead atoms. The summed E-state index contributed by atoms with van der Waals surface area (Å²) >= 11 is 0. The summed E-state index contributed by atoms with van der Waals surface area (Å²) in [6, 6.07) is 31.3. The zero-order chi connectivity index (χ0) is 36.8. The first-order chi connectivity index (χ1) is 26.6. The molecule has 54 heavy (non-hydrogen) atoms. The van der Waals surface area contributed by atoms with Crippen molar-refractivity contribution in [2.75, 3.05) is 58.3 Å². The summed E-state index contributed by atoms with van der Waals surface area (Å²) in [5, 5.41) is 18.0. The van der Waals surface area contributed by atoms with Gasteiger partial charge in [-0.2, -0.15) is 0 Å². The van der Waals surface area contributed by atoms with Gasteiger partial charge in [-0.3, -0.25) is 0 Å². The van der Waals surface area contributed by atoms with Gasteiger partial charge in [-0.25, -0.2) is 0 Å². The molecule has 10 rings (SSSR count). The fraction of sp³-hybridized carbons (Fsp3) is 0.143. The highest BCUT2D eigenvalue weighted by Gasteiger charge is 2.47. The molecule has 3 heterocycles. The topological polar surface area (TPSA) is 91.5 Å². The third kappa shape index (κ3) is 4.08. The molecule has 0 aromatic heterocycles. The summed E-state index contributed by atoms with van der Waals surface area (Å²) in [6.07, 6.45) is 0. The van der Waals surface area contributed by atoms with Crippen LogP contribution in [0.4, 0.5) is 17.1 Å². The van der Waals surface area contributed by atoms with Gasteiger partial charge in [0.25, 0.3) is 0 Å². The van der Waals surface area contributed by atoms with E-state index in [4.69, 9.17) is 28.4 Å². The van der Waals surface area contributed by atoms with E-state index in [-0.39, 0.29) is 20.5 Å². The van der Waals surface area contributed by atoms with Gasteiger partial charge in [0, 0.05) is 32.5 Å². The number of methoxy groups -OCH3 is 6. The Morgan fingerprint density at radius 1 is 0.315 bits per heavy atom. The Bertz CT molecular complexity index is 2360. The van der Waals surface area contributed by atoms with E-state index in [1.165, 1.54) is 0 Å². The van der Waals surface area contributed by atoms with Gasteiger partial charge in [-0.15, -0.1) is 0 Å². The van der Waals surface area contributed by atoms with Crippen molar-refractivity contribution in [1.82, 2.24) is 0 Å². The maximum absolute atomic E-state index is 6.44. The van der Waals surface area contributed by atoms with Crippen LogP contribution in [0.1, 0.15) is 0 Å². The lowest BCUT2D eigenvalue weighted by molar-refractivity contribution is 0.358. The van der Waals surface area contributed by atoms with Crippen LogP contribution in [-0.2, 0) is 0 Å². The lowest BCUT2D eigenvalue weighted by Crippen LogP contribution is -2.56. The van der Waals surface area contributed by atoms with E-state index in [2.05, 4.69) is 88.5 Å². The number of anilines is 3. The van der Waals surface area contributed by atoms with E-state index in [9.17, 15) is 0 Å². The Morgan fingerprint density at radius 2 is 0.556 bits per heavy atom. The number of benzene rings is 7. The minimum Gasteiger partial charge on any atom is -0.493 e. The Morgan fingerprint density at radius 3 is 0.778 bits per heavy atom. The van der Waals surface area contributed by atoms with Crippen LogP contribution in [0.5, 0.6) is 34.5 Å². The molecule has 0 aliphatic carbocycles. The quantitative estimate of drug-likeness (QED) is 0.153. The van der Waals surface area contributed by atoms with Crippen molar-refractivity contribution in [3.63, 3.8) is 0 Å². The van der Waals surface area contributed by atoms with Crippen molar-refractivity contribution in [2.24, 2.45) is 0 Å². The van der Waals surface area contributed by atoms with Crippen molar-refractivity contribution in [2.45, 2.75) is 0 Å². The molecule has 0 unspecified atom stereocenters.